The minimum absolute atomic E-state index is 0.209. The Balaban J connectivity index is 1.50. The van der Waals surface area contributed by atoms with Crippen molar-refractivity contribution in [3.05, 3.63) is 47.6 Å². The van der Waals surface area contributed by atoms with Crippen LogP contribution in [0.1, 0.15) is 0 Å². The minimum atomic E-state index is -3.50. The summed E-state index contributed by atoms with van der Waals surface area (Å²) >= 11 is 7.58. The van der Waals surface area contributed by atoms with Crippen molar-refractivity contribution in [2.45, 2.75) is 9.79 Å². The van der Waals surface area contributed by atoms with Gasteiger partial charge in [-0.1, -0.05) is 11.6 Å². The highest BCUT2D eigenvalue weighted by molar-refractivity contribution is 7.99. The van der Waals surface area contributed by atoms with Crippen LogP contribution in [-0.2, 0) is 14.8 Å². The average molecular weight is 414 g/mol. The van der Waals surface area contributed by atoms with Gasteiger partial charge in [0.15, 0.2) is 0 Å². The van der Waals surface area contributed by atoms with Crippen molar-refractivity contribution in [3.8, 4) is 0 Å². The Labute approximate surface area is 163 Å². The first-order valence-electron chi connectivity index (χ1n) is 8.22. The zero-order valence-corrected chi connectivity index (χ0v) is 16.5. The molecule has 9 heteroatoms. The largest absolute Gasteiger partial charge is 0.379 e. The molecule has 1 aromatic heterocycles. The molecule has 140 valence electrons. The molecule has 1 aliphatic rings. The van der Waals surface area contributed by atoms with Crippen molar-refractivity contribution < 1.29 is 13.2 Å². The number of rotatable bonds is 7. The Morgan fingerprint density at radius 1 is 1.15 bits per heavy atom. The van der Waals surface area contributed by atoms with Crippen LogP contribution in [0.25, 0.3) is 0 Å². The zero-order valence-electron chi connectivity index (χ0n) is 14.1. The lowest BCUT2D eigenvalue weighted by molar-refractivity contribution is 0.0730. The van der Waals surface area contributed by atoms with Crippen LogP contribution in [0, 0.1) is 0 Å². The summed E-state index contributed by atoms with van der Waals surface area (Å²) in [5, 5.41) is 3.92. The third-order valence-electron chi connectivity index (χ3n) is 3.83. The Hall–Kier alpha value is -1.32. The number of nitrogens with zero attached hydrogens (tertiary/aromatic N) is 2. The van der Waals surface area contributed by atoms with Gasteiger partial charge < -0.3 is 10.1 Å². The highest BCUT2D eigenvalue weighted by Gasteiger charge is 2.26. The lowest BCUT2D eigenvalue weighted by atomic mass is 10.4. The maximum atomic E-state index is 12.5. The third kappa shape index (κ3) is 5.11. The number of pyridine rings is 1. The van der Waals surface area contributed by atoms with Crippen LogP contribution < -0.4 is 5.32 Å². The summed E-state index contributed by atoms with van der Waals surface area (Å²) in [6.07, 6.45) is 1.40. The molecule has 0 saturated carbocycles. The molecule has 0 unspecified atom stereocenters. The van der Waals surface area contributed by atoms with Gasteiger partial charge in [-0.25, -0.2) is 13.4 Å². The Kier molecular flexibility index (Phi) is 6.77. The molecule has 1 fully saturated rings. The fraction of sp³-hybridized carbons (Fsp3) is 0.353. The first kappa shape index (κ1) is 19.4. The molecular formula is C17H20ClN3O3S2. The number of hydrogen-bond acceptors (Lipinski definition) is 6. The molecule has 6 nitrogen and oxygen atoms in total. The van der Waals surface area contributed by atoms with Crippen LogP contribution in [0.2, 0.25) is 5.02 Å². The number of sulfonamides is 1. The average Bonchev–Trinajstić information content (AvgIpc) is 2.68. The number of aromatic nitrogens is 1. The number of hydrogen-bond donors (Lipinski definition) is 1. The second-order valence-corrected chi connectivity index (χ2v) is 9.17. The number of morpholine rings is 1. The van der Waals surface area contributed by atoms with E-state index in [4.69, 9.17) is 16.3 Å². The normalized spacial score (nSPS) is 15.7. The van der Waals surface area contributed by atoms with Gasteiger partial charge in [0.05, 0.1) is 13.2 Å². The third-order valence-corrected chi connectivity index (χ3v) is 6.98. The van der Waals surface area contributed by atoms with E-state index in [0.717, 1.165) is 22.2 Å². The SMILES string of the molecule is O=S(=O)(c1ccc(NCCSc2ccc(Cl)cc2)nc1)N1CCOCC1. The van der Waals surface area contributed by atoms with E-state index in [0.29, 0.717) is 32.1 Å². The lowest BCUT2D eigenvalue weighted by Gasteiger charge is -2.25. The molecule has 26 heavy (non-hydrogen) atoms. The van der Waals surface area contributed by atoms with Gasteiger partial charge in [0.1, 0.15) is 10.7 Å². The highest BCUT2D eigenvalue weighted by atomic mass is 35.5. The zero-order chi connectivity index (χ0) is 18.4. The standard InChI is InChI=1S/C17H20ClN3O3S2/c18-14-1-3-15(4-2-14)25-12-7-19-17-6-5-16(13-20-17)26(22,23)21-8-10-24-11-9-21/h1-6,13H,7-12H2,(H,19,20). The summed E-state index contributed by atoms with van der Waals surface area (Å²) in [6, 6.07) is 11.0. The van der Waals surface area contributed by atoms with Gasteiger partial charge in [0, 0.05) is 41.5 Å². The molecule has 0 radical (unpaired) electrons. The van der Waals surface area contributed by atoms with E-state index in [-0.39, 0.29) is 4.90 Å². The lowest BCUT2D eigenvalue weighted by Crippen LogP contribution is -2.40. The second kappa shape index (κ2) is 9.05. The molecule has 1 aromatic carbocycles. The summed E-state index contributed by atoms with van der Waals surface area (Å²) < 4.78 is 31.7. The topological polar surface area (TPSA) is 71.5 Å². The monoisotopic (exact) mass is 413 g/mol. The van der Waals surface area contributed by atoms with E-state index in [1.807, 2.05) is 24.3 Å². The van der Waals surface area contributed by atoms with Gasteiger partial charge in [0.2, 0.25) is 10.0 Å². The number of benzene rings is 1. The molecular weight excluding hydrogens is 394 g/mol. The number of nitrogens with one attached hydrogen (secondary N) is 1. The molecule has 2 aromatic rings. The van der Waals surface area contributed by atoms with Crippen LogP contribution in [0.4, 0.5) is 5.82 Å². The van der Waals surface area contributed by atoms with E-state index in [1.54, 1.807) is 23.9 Å². The second-order valence-electron chi connectivity index (χ2n) is 5.62. The van der Waals surface area contributed by atoms with Gasteiger partial charge in [0.25, 0.3) is 0 Å². The minimum Gasteiger partial charge on any atom is -0.379 e. The van der Waals surface area contributed by atoms with Gasteiger partial charge in [-0.05, 0) is 36.4 Å². The first-order valence-corrected chi connectivity index (χ1v) is 11.0. The molecule has 0 spiro atoms. The van der Waals surface area contributed by atoms with Crippen LogP contribution in [0.5, 0.6) is 0 Å². The quantitative estimate of drug-likeness (QED) is 0.555. The van der Waals surface area contributed by atoms with E-state index in [2.05, 4.69) is 10.3 Å². The van der Waals surface area contributed by atoms with Crippen molar-refractivity contribution >= 4 is 39.2 Å². The van der Waals surface area contributed by atoms with Crippen molar-refractivity contribution in [3.63, 3.8) is 0 Å². The van der Waals surface area contributed by atoms with E-state index >= 15 is 0 Å². The van der Waals surface area contributed by atoms with Crippen LogP contribution >= 0.6 is 23.4 Å². The fourth-order valence-corrected chi connectivity index (χ4v) is 4.70. The number of thioether (sulfide) groups is 1. The molecule has 0 amide bonds. The van der Waals surface area contributed by atoms with E-state index < -0.39 is 10.0 Å². The van der Waals surface area contributed by atoms with E-state index in [1.165, 1.54) is 10.5 Å². The van der Waals surface area contributed by atoms with Crippen molar-refractivity contribution in [2.75, 3.05) is 43.9 Å². The van der Waals surface area contributed by atoms with Crippen LogP contribution in [-0.4, -0.2) is 56.3 Å². The summed E-state index contributed by atoms with van der Waals surface area (Å²) in [7, 11) is -3.50. The summed E-state index contributed by atoms with van der Waals surface area (Å²) in [5.74, 6) is 1.51. The number of anilines is 1. The Morgan fingerprint density at radius 3 is 2.54 bits per heavy atom. The molecule has 1 saturated heterocycles. The number of halogens is 1. The molecule has 1 aliphatic heterocycles. The van der Waals surface area contributed by atoms with Gasteiger partial charge in [-0.3, -0.25) is 0 Å². The molecule has 3 rings (SSSR count). The summed E-state index contributed by atoms with van der Waals surface area (Å²) in [5.41, 5.74) is 0. The number of ether oxygens (including phenoxy) is 1. The maximum Gasteiger partial charge on any atom is 0.244 e. The first-order chi connectivity index (χ1) is 12.6. The maximum absolute atomic E-state index is 12.5. The highest BCUT2D eigenvalue weighted by Crippen LogP contribution is 2.20. The molecule has 0 atom stereocenters. The molecule has 0 bridgehead atoms. The van der Waals surface area contributed by atoms with Gasteiger partial charge >= 0.3 is 0 Å². The predicted octanol–water partition coefficient (Wildman–Crippen LogP) is 2.96. The Bertz CT molecular complexity index is 808. The van der Waals surface area contributed by atoms with Gasteiger partial charge in [-0.15, -0.1) is 11.8 Å². The smallest absolute Gasteiger partial charge is 0.244 e. The fourth-order valence-electron chi connectivity index (χ4n) is 2.45. The van der Waals surface area contributed by atoms with Gasteiger partial charge in [-0.2, -0.15) is 4.31 Å². The van der Waals surface area contributed by atoms with Crippen LogP contribution in [0.3, 0.4) is 0 Å². The van der Waals surface area contributed by atoms with Crippen molar-refractivity contribution in [1.29, 1.82) is 0 Å². The molecule has 0 aliphatic carbocycles. The Morgan fingerprint density at radius 2 is 1.88 bits per heavy atom. The molecule has 1 N–H and O–H groups in total. The van der Waals surface area contributed by atoms with E-state index in [9.17, 15) is 8.42 Å². The summed E-state index contributed by atoms with van der Waals surface area (Å²) in [4.78, 5) is 5.58. The summed E-state index contributed by atoms with van der Waals surface area (Å²) in [6.45, 7) is 2.33. The van der Waals surface area contributed by atoms with Crippen molar-refractivity contribution in [1.82, 2.24) is 9.29 Å². The van der Waals surface area contributed by atoms with Crippen LogP contribution in [0.15, 0.2) is 52.4 Å². The predicted molar refractivity (Wildman–Crippen MR) is 104 cm³/mol. The molecule has 2 heterocycles. The van der Waals surface area contributed by atoms with Crippen molar-refractivity contribution in [2.24, 2.45) is 0 Å².